The molecule has 0 spiro atoms. The van der Waals surface area contributed by atoms with E-state index < -0.39 is 7.82 Å². The Morgan fingerprint density at radius 2 is 1.62 bits per heavy atom. The molecule has 0 heterocycles. The van der Waals surface area contributed by atoms with Crippen LogP contribution in [0.2, 0.25) is 0 Å². The summed E-state index contributed by atoms with van der Waals surface area (Å²) in [7, 11) is -0.326. The topological polar surface area (TPSA) is 66.8 Å². The third kappa shape index (κ3) is 15.7. The summed E-state index contributed by atoms with van der Waals surface area (Å²) in [5.41, 5.74) is 0. The summed E-state index contributed by atoms with van der Waals surface area (Å²) < 4.78 is 12.5. The van der Waals surface area contributed by atoms with Gasteiger partial charge in [-0.15, -0.1) is 0 Å². The Hall–Kier alpha value is 2.05. The van der Waals surface area contributed by atoms with E-state index in [1.807, 2.05) is 0 Å². The Kier molecular flexibility index (Phi) is 14.8. The van der Waals surface area contributed by atoms with E-state index in [-0.39, 0.29) is 57.9 Å². The van der Waals surface area contributed by atoms with Gasteiger partial charge in [-0.3, -0.25) is 0 Å². The van der Waals surface area contributed by atoms with E-state index in [0.717, 1.165) is 0 Å². The zero-order chi connectivity index (χ0) is 5.21. The average Bonchev–Trinajstić information content (AvgIpc) is 1.35. The van der Waals surface area contributed by atoms with Crippen molar-refractivity contribution in [2.24, 2.45) is 0 Å². The molecule has 4 nitrogen and oxygen atoms in total. The minimum Gasteiger partial charge on any atom is -0.362 e. The van der Waals surface area contributed by atoms with Crippen molar-refractivity contribution in [2.75, 3.05) is 0 Å². The molecule has 2 N–H and O–H groups in total. The van der Waals surface area contributed by atoms with Gasteiger partial charge in [0, 0.05) is 57.9 Å². The van der Waals surface area contributed by atoms with Crippen molar-refractivity contribution in [2.45, 2.75) is 0 Å². The van der Waals surface area contributed by atoms with E-state index in [0.29, 0.717) is 0 Å². The number of phosphoric acid groups is 1. The molecule has 0 rings (SSSR count). The van der Waals surface area contributed by atoms with Crippen molar-refractivity contribution in [1.82, 2.24) is 0 Å². The fraction of sp³-hybridized carbons (Fsp3) is 0. The second kappa shape index (κ2) is 7.16. The second-order valence-corrected chi connectivity index (χ2v) is 1.79. The van der Waals surface area contributed by atoms with Crippen molar-refractivity contribution in [3.05, 3.63) is 0 Å². The average molecular weight is 308 g/mol. The predicted octanol–water partition coefficient (Wildman–Crippen LogP) is -0.823. The minimum atomic E-state index is -4.37. The van der Waals surface area contributed by atoms with Crippen LogP contribution in [0.5, 0.6) is 0 Å². The van der Waals surface area contributed by atoms with Crippen LogP contribution in [0.4, 0.5) is 0 Å². The summed E-state index contributed by atoms with van der Waals surface area (Å²) in [6.45, 7) is 0. The molecule has 0 bridgehead atoms. The van der Waals surface area contributed by atoms with Crippen LogP contribution >= 0.6 is 7.82 Å². The maximum absolute atomic E-state index is 9.35. The quantitative estimate of drug-likeness (QED) is 0.490. The summed E-state index contributed by atoms with van der Waals surface area (Å²) in [6.07, 6.45) is 0. The molecule has 0 aliphatic rings. The van der Waals surface area contributed by atoms with Crippen molar-refractivity contribution in [3.8, 4) is 0 Å². The fourth-order valence-electron chi connectivity index (χ4n) is 0. The summed E-state index contributed by atoms with van der Waals surface area (Å²) in [4.78, 5) is 15.2. The van der Waals surface area contributed by atoms with Gasteiger partial charge in [-0.05, 0) is 0 Å². The Morgan fingerprint density at radius 1 is 1.50 bits per heavy atom. The van der Waals surface area contributed by atoms with Gasteiger partial charge in [0.1, 0.15) is 0 Å². The summed E-state index contributed by atoms with van der Waals surface area (Å²) in [5, 5.41) is 0. The predicted molar refractivity (Wildman–Crippen MR) is 18.9 cm³/mol. The minimum absolute atomic E-state index is 0. The molecule has 0 aliphatic heterocycles. The maximum Gasteiger partial charge on any atom is 0.454 e. The van der Waals surface area contributed by atoms with Crippen molar-refractivity contribution < 1.29 is 76.7 Å². The molecule has 0 unspecified atom stereocenters. The van der Waals surface area contributed by atoms with Gasteiger partial charge in [0.15, 0.2) is 0 Å². The van der Waals surface area contributed by atoms with Gasteiger partial charge in [0.25, 0.3) is 8.05 Å². The molecule has 8 heteroatoms. The van der Waals surface area contributed by atoms with Gasteiger partial charge >= 0.3 is 7.82 Å². The van der Waals surface area contributed by atoms with Crippen LogP contribution < -0.4 is 0 Å². The third-order valence-electron chi connectivity index (χ3n) is 0.137. The fourth-order valence-corrected chi connectivity index (χ4v) is 0. The van der Waals surface area contributed by atoms with Crippen LogP contribution in [-0.4, -0.2) is 17.8 Å². The van der Waals surface area contributed by atoms with Gasteiger partial charge in [-0.2, -0.15) is 0 Å². The van der Waals surface area contributed by atoms with E-state index in [9.17, 15) is 4.57 Å². The van der Waals surface area contributed by atoms with Crippen molar-refractivity contribution >= 4 is 15.9 Å². The smallest absolute Gasteiger partial charge is 0.362 e. The SMILES string of the molecule is [B]OP(=O)(O)O.[Fe].[Nd]. The molecule has 46 valence electrons. The van der Waals surface area contributed by atoms with Gasteiger partial charge in [-0.1, -0.05) is 0 Å². The Morgan fingerprint density at radius 3 is 1.62 bits per heavy atom. The van der Waals surface area contributed by atoms with Crippen LogP contribution in [0.1, 0.15) is 0 Å². The van der Waals surface area contributed by atoms with Crippen LogP contribution in [0.25, 0.3) is 0 Å². The molecule has 0 aliphatic carbocycles. The molecule has 0 saturated heterocycles. The first kappa shape index (κ1) is 16.6. The molecule has 0 saturated carbocycles. The van der Waals surface area contributed by atoms with E-state index >= 15 is 0 Å². The second-order valence-electron chi connectivity index (χ2n) is 0.596. The Labute approximate surface area is 91.4 Å². The van der Waals surface area contributed by atoms with Crippen molar-refractivity contribution in [3.63, 3.8) is 0 Å². The van der Waals surface area contributed by atoms with Crippen LogP contribution in [0.3, 0.4) is 0 Å². The summed E-state index contributed by atoms with van der Waals surface area (Å²) >= 11 is 0. The maximum atomic E-state index is 9.35. The molecule has 0 fully saturated rings. The van der Waals surface area contributed by atoms with Gasteiger partial charge in [0.05, 0.1) is 0 Å². The first-order valence-corrected chi connectivity index (χ1v) is 2.53. The van der Waals surface area contributed by atoms with Gasteiger partial charge < -0.3 is 14.2 Å². The number of hydrogen-bond donors (Lipinski definition) is 2. The van der Waals surface area contributed by atoms with Crippen molar-refractivity contribution in [1.29, 1.82) is 0 Å². The Bertz CT molecular complexity index is 80.1. The molecular weight excluding hydrogens is 306 g/mol. The molecule has 0 amide bonds. The summed E-state index contributed by atoms with van der Waals surface area (Å²) in [6, 6.07) is 0. The number of rotatable bonds is 1. The van der Waals surface area contributed by atoms with Gasteiger partial charge in [-0.25, -0.2) is 4.57 Å². The zero-order valence-corrected chi connectivity index (χ0v) is 8.80. The van der Waals surface area contributed by atoms with Crippen LogP contribution in [0, 0.1) is 40.8 Å². The molecule has 0 aromatic heterocycles. The Balaban J connectivity index is -0.000000125. The standard InChI is InChI=1S/BH2O4P.Fe.Nd/c1-5-6(2,3)4;;/h(H2,2,3,4);;. The zero-order valence-electron chi connectivity index (χ0n) is 3.59. The first-order chi connectivity index (χ1) is 2.56. The monoisotopic (exact) mass is 306 g/mol. The molecular formula is H2BFeNdO4P. The van der Waals surface area contributed by atoms with E-state index in [4.69, 9.17) is 9.79 Å². The molecule has 0 atom stereocenters. The normalized spacial score (nSPS) is 8.75. The van der Waals surface area contributed by atoms with Crippen LogP contribution in [-0.2, 0) is 26.1 Å². The first-order valence-electron chi connectivity index (χ1n) is 1.00. The third-order valence-corrected chi connectivity index (χ3v) is 0.412. The summed E-state index contributed by atoms with van der Waals surface area (Å²) in [5.74, 6) is 0. The van der Waals surface area contributed by atoms with E-state index in [1.165, 1.54) is 0 Å². The van der Waals surface area contributed by atoms with E-state index in [2.05, 4.69) is 12.5 Å². The molecule has 2 radical (unpaired) electrons. The largest absolute Gasteiger partial charge is 0.454 e. The molecule has 0 aromatic carbocycles. The molecule has 0 aromatic rings. The van der Waals surface area contributed by atoms with Crippen LogP contribution in [0.15, 0.2) is 0 Å². The number of hydrogen-bond acceptors (Lipinski definition) is 2. The van der Waals surface area contributed by atoms with Gasteiger partial charge in [0.2, 0.25) is 0 Å². The van der Waals surface area contributed by atoms with E-state index in [1.54, 1.807) is 0 Å². The molecule has 8 heavy (non-hydrogen) atoms.